The molecule has 7 heteroatoms. The Morgan fingerprint density at radius 3 is 2.87 bits per heavy atom. The molecule has 2 aromatic rings. The van der Waals surface area contributed by atoms with E-state index in [-0.39, 0.29) is 12.1 Å². The van der Waals surface area contributed by atoms with Crippen LogP contribution in [0.15, 0.2) is 36.8 Å². The van der Waals surface area contributed by atoms with Gasteiger partial charge in [0.15, 0.2) is 5.75 Å². The molecular weight excluding hydrogens is 316 g/mol. The molecule has 0 saturated heterocycles. The first-order valence-electron chi connectivity index (χ1n) is 7.31. The third kappa shape index (κ3) is 5.41. The van der Waals surface area contributed by atoms with Crippen molar-refractivity contribution in [3.63, 3.8) is 0 Å². The maximum atomic E-state index is 12.0. The van der Waals surface area contributed by atoms with Crippen LogP contribution in [0.2, 0.25) is 5.02 Å². The Morgan fingerprint density at radius 1 is 1.35 bits per heavy atom. The van der Waals surface area contributed by atoms with Crippen LogP contribution in [0.5, 0.6) is 5.75 Å². The van der Waals surface area contributed by atoms with Crippen LogP contribution in [0.25, 0.3) is 0 Å². The number of nitrogens with one attached hydrogen (secondary N) is 2. The van der Waals surface area contributed by atoms with Gasteiger partial charge in [0.2, 0.25) is 0 Å². The number of halogens is 1. The molecule has 1 aromatic carbocycles. The number of rotatable bonds is 6. The molecule has 1 heterocycles. The molecule has 0 aliphatic rings. The fourth-order valence-corrected chi connectivity index (χ4v) is 2.11. The van der Waals surface area contributed by atoms with E-state index in [4.69, 9.17) is 16.3 Å². The third-order valence-electron chi connectivity index (χ3n) is 2.85. The van der Waals surface area contributed by atoms with Crippen molar-refractivity contribution >= 4 is 23.3 Å². The van der Waals surface area contributed by atoms with Gasteiger partial charge in [0.25, 0.3) is 0 Å². The van der Waals surface area contributed by atoms with Gasteiger partial charge in [0, 0.05) is 31.6 Å². The molecule has 2 N–H and O–H groups in total. The standard InChI is InChI=1S/C16H19ClN4O2/c1-11(2)23-15-13(17)4-3-5-14(15)21-16(22)20-7-6-12-10-18-8-9-19-12/h3-5,8-11H,6-7H2,1-2H3,(H2,20,21,22). The van der Waals surface area contributed by atoms with Crippen LogP contribution in [-0.2, 0) is 6.42 Å². The lowest BCUT2D eigenvalue weighted by atomic mass is 10.3. The zero-order valence-corrected chi connectivity index (χ0v) is 13.8. The molecule has 6 nitrogen and oxygen atoms in total. The van der Waals surface area contributed by atoms with E-state index in [2.05, 4.69) is 20.6 Å². The van der Waals surface area contributed by atoms with Crippen molar-refractivity contribution in [2.24, 2.45) is 0 Å². The summed E-state index contributed by atoms with van der Waals surface area (Å²) in [5.41, 5.74) is 1.35. The third-order valence-corrected chi connectivity index (χ3v) is 3.15. The molecule has 1 aromatic heterocycles. The first-order chi connectivity index (χ1) is 11.1. The first kappa shape index (κ1) is 17.0. The number of nitrogens with zero attached hydrogens (tertiary/aromatic N) is 2. The molecular formula is C16H19ClN4O2. The number of aromatic nitrogens is 2. The Hall–Kier alpha value is -2.34. The molecule has 0 unspecified atom stereocenters. The zero-order valence-electron chi connectivity index (χ0n) is 13.0. The minimum atomic E-state index is -0.329. The van der Waals surface area contributed by atoms with E-state index < -0.39 is 0 Å². The average Bonchev–Trinajstić information content (AvgIpc) is 2.51. The highest BCUT2D eigenvalue weighted by Crippen LogP contribution is 2.33. The van der Waals surface area contributed by atoms with Crippen molar-refractivity contribution in [1.82, 2.24) is 15.3 Å². The Balaban J connectivity index is 1.91. The number of amides is 2. The van der Waals surface area contributed by atoms with E-state index in [1.54, 1.807) is 36.8 Å². The summed E-state index contributed by atoms with van der Waals surface area (Å²) < 4.78 is 5.66. The van der Waals surface area contributed by atoms with Crippen molar-refractivity contribution in [3.8, 4) is 5.75 Å². The Kier molecular flexibility index (Phi) is 6.17. The number of carbonyl (C=O) groups is 1. The maximum Gasteiger partial charge on any atom is 0.319 e. The maximum absolute atomic E-state index is 12.0. The summed E-state index contributed by atoms with van der Waals surface area (Å²) >= 11 is 6.13. The summed E-state index contributed by atoms with van der Waals surface area (Å²) in [6.07, 6.45) is 5.46. The van der Waals surface area contributed by atoms with Gasteiger partial charge in [-0.3, -0.25) is 9.97 Å². The summed E-state index contributed by atoms with van der Waals surface area (Å²) in [5, 5.41) is 5.97. The second-order valence-electron chi connectivity index (χ2n) is 5.11. The Labute approximate surface area is 140 Å². The van der Waals surface area contributed by atoms with E-state index in [1.165, 1.54) is 0 Å². The van der Waals surface area contributed by atoms with Crippen LogP contribution in [-0.4, -0.2) is 28.6 Å². The van der Waals surface area contributed by atoms with Gasteiger partial charge in [-0.1, -0.05) is 17.7 Å². The quantitative estimate of drug-likeness (QED) is 0.850. The SMILES string of the molecule is CC(C)Oc1c(Cl)cccc1NC(=O)NCCc1cnccn1. The predicted octanol–water partition coefficient (Wildman–Crippen LogP) is 3.28. The molecule has 2 amide bonds. The van der Waals surface area contributed by atoms with Gasteiger partial charge >= 0.3 is 6.03 Å². The van der Waals surface area contributed by atoms with Crippen LogP contribution in [0.3, 0.4) is 0 Å². The Morgan fingerprint density at radius 2 is 2.17 bits per heavy atom. The first-order valence-corrected chi connectivity index (χ1v) is 7.69. The van der Waals surface area contributed by atoms with Gasteiger partial charge in [0.05, 0.1) is 22.5 Å². The fourth-order valence-electron chi connectivity index (χ4n) is 1.89. The van der Waals surface area contributed by atoms with E-state index in [1.807, 2.05) is 13.8 Å². The minimum Gasteiger partial charge on any atom is -0.487 e. The largest absolute Gasteiger partial charge is 0.487 e. The lowest BCUT2D eigenvalue weighted by Crippen LogP contribution is -2.30. The molecule has 0 atom stereocenters. The average molecular weight is 335 g/mol. The minimum absolute atomic E-state index is 0.0461. The van der Waals surface area contributed by atoms with Gasteiger partial charge in [-0.15, -0.1) is 0 Å². The molecule has 0 aliphatic carbocycles. The number of benzene rings is 1. The predicted molar refractivity (Wildman–Crippen MR) is 90.0 cm³/mol. The fraction of sp³-hybridized carbons (Fsp3) is 0.312. The number of urea groups is 1. The van der Waals surface area contributed by atoms with Crippen molar-refractivity contribution < 1.29 is 9.53 Å². The molecule has 23 heavy (non-hydrogen) atoms. The summed E-state index contributed by atoms with van der Waals surface area (Å²) in [7, 11) is 0. The van der Waals surface area contributed by atoms with Crippen molar-refractivity contribution in [1.29, 1.82) is 0 Å². The van der Waals surface area contributed by atoms with E-state index in [9.17, 15) is 4.79 Å². The summed E-state index contributed by atoms with van der Waals surface area (Å²) in [6.45, 7) is 4.24. The lowest BCUT2D eigenvalue weighted by molar-refractivity contribution is 0.242. The number of carbonyl (C=O) groups excluding carboxylic acids is 1. The van der Waals surface area contributed by atoms with Crippen molar-refractivity contribution in [3.05, 3.63) is 47.5 Å². The second kappa shape index (κ2) is 8.33. The van der Waals surface area contributed by atoms with Crippen LogP contribution < -0.4 is 15.4 Å². The van der Waals surface area contributed by atoms with E-state index in [0.29, 0.717) is 29.4 Å². The van der Waals surface area contributed by atoms with Crippen LogP contribution >= 0.6 is 11.6 Å². The number of hydrogen-bond donors (Lipinski definition) is 2. The van der Waals surface area contributed by atoms with Crippen LogP contribution in [0, 0.1) is 0 Å². The van der Waals surface area contributed by atoms with Gasteiger partial charge in [-0.05, 0) is 26.0 Å². The van der Waals surface area contributed by atoms with Crippen molar-refractivity contribution in [2.45, 2.75) is 26.4 Å². The molecule has 0 fully saturated rings. The summed E-state index contributed by atoms with van der Waals surface area (Å²) in [5.74, 6) is 0.466. The monoisotopic (exact) mass is 334 g/mol. The van der Waals surface area contributed by atoms with Crippen LogP contribution in [0.1, 0.15) is 19.5 Å². The van der Waals surface area contributed by atoms with E-state index >= 15 is 0 Å². The van der Waals surface area contributed by atoms with Gasteiger partial charge in [-0.25, -0.2) is 4.79 Å². The highest BCUT2D eigenvalue weighted by Gasteiger charge is 2.12. The molecule has 0 bridgehead atoms. The van der Waals surface area contributed by atoms with Gasteiger partial charge < -0.3 is 15.4 Å². The second-order valence-corrected chi connectivity index (χ2v) is 5.52. The van der Waals surface area contributed by atoms with Crippen molar-refractivity contribution in [2.75, 3.05) is 11.9 Å². The summed E-state index contributed by atoms with van der Waals surface area (Å²) in [6, 6.07) is 4.89. The highest BCUT2D eigenvalue weighted by atomic mass is 35.5. The van der Waals surface area contributed by atoms with E-state index in [0.717, 1.165) is 5.69 Å². The van der Waals surface area contributed by atoms with Gasteiger partial charge in [-0.2, -0.15) is 0 Å². The number of hydrogen-bond acceptors (Lipinski definition) is 4. The normalized spacial score (nSPS) is 10.4. The number of anilines is 1. The number of ether oxygens (including phenoxy) is 1. The van der Waals surface area contributed by atoms with Gasteiger partial charge in [0.1, 0.15) is 0 Å². The molecule has 0 saturated carbocycles. The Bertz CT molecular complexity index is 650. The smallest absolute Gasteiger partial charge is 0.319 e. The molecule has 0 spiro atoms. The molecule has 0 aliphatic heterocycles. The molecule has 2 rings (SSSR count). The number of para-hydroxylation sites is 1. The topological polar surface area (TPSA) is 76.1 Å². The zero-order chi connectivity index (χ0) is 16.7. The summed E-state index contributed by atoms with van der Waals surface area (Å²) in [4.78, 5) is 20.1. The molecule has 122 valence electrons. The lowest BCUT2D eigenvalue weighted by Gasteiger charge is -2.16. The van der Waals surface area contributed by atoms with Crippen LogP contribution in [0.4, 0.5) is 10.5 Å². The molecule has 0 radical (unpaired) electrons. The highest BCUT2D eigenvalue weighted by molar-refractivity contribution is 6.32.